The molecule has 0 heterocycles. The number of aliphatic hydroxyl groups is 9. The number of hydrogen-bond donors (Lipinski definition) is 11. The number of carbonyl (C=O) groups is 2. The van der Waals surface area contributed by atoms with Crippen molar-refractivity contribution in [1.82, 2.24) is 10.6 Å². The summed E-state index contributed by atoms with van der Waals surface area (Å²) in [7, 11) is 0. The minimum atomic E-state index is -0.415. The molecule has 0 spiro atoms. The van der Waals surface area contributed by atoms with E-state index in [4.69, 9.17) is 25.4 Å². The number of hydrogen-bond acceptors (Lipinski definition) is 15. The molecule has 0 saturated heterocycles. The van der Waals surface area contributed by atoms with Crippen LogP contribution in [-0.2, 0) is 50.2 Å². The van der Waals surface area contributed by atoms with Gasteiger partial charge in [-0.05, 0) is 290 Å². The van der Waals surface area contributed by atoms with Crippen molar-refractivity contribution in [1.29, 1.82) is 0 Å². The zero-order valence-electron chi connectivity index (χ0n) is 82.2. The number of aliphatic hydroxyl groups excluding tert-OH is 9. The number of terminal acetylenes is 1. The summed E-state index contributed by atoms with van der Waals surface area (Å²) in [6.07, 6.45) is 61.3. The van der Waals surface area contributed by atoms with Crippen LogP contribution >= 0.6 is 0 Å². The van der Waals surface area contributed by atoms with Gasteiger partial charge in [0.1, 0.15) is 6.61 Å². The fourth-order valence-electron chi connectivity index (χ4n) is 21.2. The maximum Gasteiger partial charge on any atom is 0.407 e. The fraction of sp³-hybridized carbons (Fsp3) is 0.687. The maximum atomic E-state index is 13.9. The summed E-state index contributed by atoms with van der Waals surface area (Å²) in [5.74, 6) is 2.99. The Morgan fingerprint density at radius 2 is 0.538 bits per heavy atom. The molecule has 0 fully saturated rings. The number of amides is 2. The first-order chi connectivity index (χ1) is 64.8. The molecule has 0 saturated carbocycles. The highest BCUT2D eigenvalue weighted by molar-refractivity contribution is 6.02. The smallest absolute Gasteiger partial charge is 0.407 e. The summed E-state index contributed by atoms with van der Waals surface area (Å²) in [5, 5.41) is 98.4. The SMILES string of the molecule is C#CCCCC(CCCOCc1ccccc1)(CCCOCc1ccccc1)CCCOCc1ccccc1.O=C(CCC(CCCCCCCCC(CCO)(CCCO)CCCO)(CCCCCCCCC(CCCO)(CCCO)CCCO)CCCCCCCCC(CCCO)(CCCO)CCCO)NCCCCCCNC(=O)OCc1c2ccccc2cc2ccccc12. The molecule has 6 rings (SSSR count). The van der Waals surface area contributed by atoms with Crippen LogP contribution in [0, 0.1) is 39.4 Å². The van der Waals surface area contributed by atoms with E-state index in [9.17, 15) is 55.5 Å². The number of rotatable bonds is 86. The quantitative estimate of drug-likeness (QED) is 0.00962. The van der Waals surface area contributed by atoms with Gasteiger partial charge in [-0.3, -0.25) is 4.79 Å². The van der Waals surface area contributed by atoms with Crippen molar-refractivity contribution in [3.05, 3.63) is 168 Å². The Kier molecular flexibility index (Phi) is 66.6. The molecule has 0 aliphatic carbocycles. The van der Waals surface area contributed by atoms with Crippen molar-refractivity contribution in [2.75, 3.05) is 92.4 Å². The molecule has 17 heteroatoms. The zero-order valence-corrected chi connectivity index (χ0v) is 82.2. The maximum absolute atomic E-state index is 13.9. The molecule has 0 aromatic heterocycles. The minimum absolute atomic E-state index is 0.0265. The summed E-state index contributed by atoms with van der Waals surface area (Å²) >= 11 is 0. The molecule has 11 N–H and O–H groups in total. The molecule has 0 aliphatic rings. The lowest BCUT2D eigenvalue weighted by atomic mass is 9.70. The third-order valence-electron chi connectivity index (χ3n) is 28.7. The Morgan fingerprint density at radius 3 is 0.856 bits per heavy atom. The summed E-state index contributed by atoms with van der Waals surface area (Å²) in [6.45, 7) is 7.17. The van der Waals surface area contributed by atoms with E-state index in [1.54, 1.807) is 0 Å². The molecule has 6 aromatic rings. The predicted molar refractivity (Wildman–Crippen MR) is 544 cm³/mol. The molecule has 132 heavy (non-hydrogen) atoms. The van der Waals surface area contributed by atoms with Gasteiger partial charge in [-0.25, -0.2) is 4.79 Å². The van der Waals surface area contributed by atoms with E-state index in [1.165, 1.54) is 61.6 Å². The van der Waals surface area contributed by atoms with E-state index in [1.807, 2.05) is 42.5 Å². The highest BCUT2D eigenvalue weighted by atomic mass is 16.5. The van der Waals surface area contributed by atoms with Gasteiger partial charge in [0.05, 0.1) is 19.8 Å². The van der Waals surface area contributed by atoms with Crippen molar-refractivity contribution in [3.8, 4) is 12.3 Å². The molecule has 0 radical (unpaired) electrons. The number of ether oxygens (including phenoxy) is 4. The number of carbonyl (C=O) groups excluding carboxylic acids is 2. The number of fused-ring (bicyclic) bond motifs is 2. The van der Waals surface area contributed by atoms with Crippen LogP contribution in [0.3, 0.4) is 0 Å². The summed E-state index contributed by atoms with van der Waals surface area (Å²) in [5.41, 5.74) is 5.10. The predicted octanol–water partition coefficient (Wildman–Crippen LogP) is 25.3. The topological polar surface area (TPSA) is 277 Å². The van der Waals surface area contributed by atoms with Crippen molar-refractivity contribution < 1.29 is 74.5 Å². The lowest BCUT2D eigenvalue weighted by molar-refractivity contribution is -0.121. The number of alkyl carbamates (subject to hydrolysis) is 1. The second-order valence-electron chi connectivity index (χ2n) is 39.0. The molecule has 0 bridgehead atoms. The van der Waals surface area contributed by atoms with E-state index in [0.29, 0.717) is 39.3 Å². The first-order valence-electron chi connectivity index (χ1n) is 52.6. The van der Waals surface area contributed by atoms with Crippen molar-refractivity contribution in [3.63, 3.8) is 0 Å². The van der Waals surface area contributed by atoms with Crippen LogP contribution in [0.15, 0.2) is 146 Å². The molecule has 6 aromatic carbocycles. The molecule has 0 unspecified atom stereocenters. The van der Waals surface area contributed by atoms with Crippen LogP contribution in [0.2, 0.25) is 0 Å². The van der Waals surface area contributed by atoms with Crippen LogP contribution in [0.1, 0.15) is 382 Å². The number of nitrogens with one attached hydrogen (secondary N) is 2. The average Bonchev–Trinajstić information content (AvgIpc) is 0.776. The average molecular weight is 1830 g/mol. The van der Waals surface area contributed by atoms with Gasteiger partial charge in [-0.15, -0.1) is 12.3 Å². The molecule has 744 valence electrons. The van der Waals surface area contributed by atoms with Crippen molar-refractivity contribution in [2.24, 2.45) is 27.1 Å². The molecular weight excluding hydrogens is 1650 g/mol. The Morgan fingerprint density at radius 1 is 0.273 bits per heavy atom. The summed E-state index contributed by atoms with van der Waals surface area (Å²) in [6, 6.07) is 49.8. The highest BCUT2D eigenvalue weighted by Gasteiger charge is 2.34. The van der Waals surface area contributed by atoms with Gasteiger partial charge in [0.2, 0.25) is 5.91 Å². The van der Waals surface area contributed by atoms with E-state index < -0.39 is 6.09 Å². The Labute approximate surface area is 799 Å². The molecular formula is C115H184N2O15. The molecule has 2 amide bonds. The Hall–Kier alpha value is -6.34. The van der Waals surface area contributed by atoms with E-state index >= 15 is 0 Å². The van der Waals surface area contributed by atoms with E-state index in [-0.39, 0.29) is 99.1 Å². The first kappa shape index (κ1) is 116. The highest BCUT2D eigenvalue weighted by Crippen LogP contribution is 2.46. The Bertz CT molecular complexity index is 3490. The van der Waals surface area contributed by atoms with Gasteiger partial charge in [0, 0.05) is 111 Å². The van der Waals surface area contributed by atoms with Crippen molar-refractivity contribution in [2.45, 2.75) is 386 Å². The van der Waals surface area contributed by atoms with Gasteiger partial charge in [0.15, 0.2) is 0 Å². The Balaban J connectivity index is 0.000000652. The lowest BCUT2D eigenvalue weighted by Gasteiger charge is -2.35. The van der Waals surface area contributed by atoms with Crippen molar-refractivity contribution >= 4 is 33.5 Å². The second kappa shape index (κ2) is 75.7. The van der Waals surface area contributed by atoms with Crippen LogP contribution in [0.4, 0.5) is 4.79 Å². The zero-order chi connectivity index (χ0) is 94.5. The van der Waals surface area contributed by atoms with Gasteiger partial charge in [-0.1, -0.05) is 268 Å². The third kappa shape index (κ3) is 51.7. The number of unbranched alkanes of at least 4 members (excludes halogenated alkanes) is 19. The van der Waals surface area contributed by atoms with Crippen LogP contribution in [-0.4, -0.2) is 150 Å². The first-order valence-corrected chi connectivity index (χ1v) is 52.6. The normalized spacial score (nSPS) is 12.1. The summed E-state index contributed by atoms with van der Waals surface area (Å²) < 4.78 is 23.9. The number of benzene rings is 6. The monoisotopic (exact) mass is 1830 g/mol. The van der Waals surface area contributed by atoms with Gasteiger partial charge < -0.3 is 75.5 Å². The van der Waals surface area contributed by atoms with Crippen LogP contribution in [0.25, 0.3) is 21.5 Å². The van der Waals surface area contributed by atoms with Gasteiger partial charge >= 0.3 is 6.09 Å². The molecule has 0 atom stereocenters. The third-order valence-corrected chi connectivity index (χ3v) is 28.7. The lowest BCUT2D eigenvalue weighted by Crippen LogP contribution is -2.28. The van der Waals surface area contributed by atoms with E-state index in [2.05, 4.69) is 120 Å². The van der Waals surface area contributed by atoms with Crippen LogP contribution in [0.5, 0.6) is 0 Å². The minimum Gasteiger partial charge on any atom is -0.445 e. The largest absolute Gasteiger partial charge is 0.445 e. The van der Waals surface area contributed by atoms with Crippen LogP contribution < -0.4 is 10.6 Å². The van der Waals surface area contributed by atoms with E-state index in [0.717, 1.165) is 355 Å². The van der Waals surface area contributed by atoms with Gasteiger partial charge in [-0.2, -0.15) is 0 Å². The standard InChI is InChI=1S/C79H138N2O12.C36H46O3/c82-58-27-46-76(47-28-59-83,48-29-60-84)40-19-7-1-3-9-21-42-78(44-23-11-5-6-12-24-45-79(55-66-90,52-33-64-88)53-34-65-89,43-22-10-4-2-8-20-41-77(49-30-61-85,50-31-62-86)51-32-63-87)54-39-74(91)80-56-25-13-14-26-57-81-75(92)93-68-73-71-37-17-15-35-69(71)67-70-36-16-18-38-72(70)73;1-2-3-13-23-36(24-14-27-37-30-33-17-7-4-8-18-33,25-15-28-38-31-34-19-9-5-10-20-34)26-16-29-39-32-35-21-11-6-12-22-35/h15-18,35-38,67,82-90H,1-14,19-34,39-66,68H2,(H,80,91)(H,81,92);1,4-12,17-22H,3,13-16,23-32H2. The second-order valence-corrected chi connectivity index (χ2v) is 39.0. The van der Waals surface area contributed by atoms with Gasteiger partial charge in [0.25, 0.3) is 0 Å². The molecule has 0 aliphatic heterocycles. The molecule has 17 nitrogen and oxygen atoms in total. The summed E-state index contributed by atoms with van der Waals surface area (Å²) in [4.78, 5) is 26.7. The fourth-order valence-corrected chi connectivity index (χ4v) is 21.2.